The number of nitrogens with zero attached hydrogens (tertiary/aromatic N) is 1. The molecule has 154 valence electrons. The van der Waals surface area contributed by atoms with Gasteiger partial charge >= 0.3 is 0 Å². The lowest BCUT2D eigenvalue weighted by atomic mass is 10.2. The third-order valence-corrected chi connectivity index (χ3v) is 3.83. The van der Waals surface area contributed by atoms with E-state index in [1.807, 2.05) is 25.1 Å². The third-order valence-electron chi connectivity index (χ3n) is 3.83. The maximum atomic E-state index is 13.7. The Morgan fingerprint density at radius 3 is 2.46 bits per heavy atom. The van der Waals surface area contributed by atoms with Gasteiger partial charge < -0.3 is 20.1 Å². The number of guanidine groups is 1. The van der Waals surface area contributed by atoms with Crippen molar-refractivity contribution >= 4 is 29.9 Å². The van der Waals surface area contributed by atoms with E-state index in [0.29, 0.717) is 30.6 Å². The number of aliphatic imine (C=N–C) groups is 1. The van der Waals surface area contributed by atoms with Crippen LogP contribution in [0.15, 0.2) is 41.4 Å². The molecule has 0 atom stereocenters. The van der Waals surface area contributed by atoms with Crippen LogP contribution >= 0.6 is 24.0 Å². The van der Waals surface area contributed by atoms with Crippen LogP contribution in [0.1, 0.15) is 24.5 Å². The highest BCUT2D eigenvalue weighted by Gasteiger charge is 2.08. The van der Waals surface area contributed by atoms with Crippen molar-refractivity contribution in [2.24, 2.45) is 4.99 Å². The van der Waals surface area contributed by atoms with E-state index in [2.05, 4.69) is 15.6 Å². The molecule has 0 aliphatic carbocycles. The second-order valence-corrected chi connectivity index (χ2v) is 5.85. The van der Waals surface area contributed by atoms with E-state index in [-0.39, 0.29) is 36.1 Å². The highest BCUT2D eigenvalue weighted by atomic mass is 127. The molecule has 0 saturated carbocycles. The lowest BCUT2D eigenvalue weighted by molar-refractivity contribution is 0.294. The number of hydrogen-bond donors (Lipinski definition) is 2. The summed E-state index contributed by atoms with van der Waals surface area (Å²) in [6, 6.07) is 9.04. The Bertz CT molecular complexity index is 788. The standard InChI is InChI=1S/C20H25F2N3O2.HI/c1-4-9-27-18-8-5-14(10-19(18)26-3)12-24-20(23-2)25-13-15-11-16(21)6-7-17(15)22;/h5-8,10-11H,4,9,12-13H2,1-3H3,(H2,23,24,25);1H. The van der Waals surface area contributed by atoms with Gasteiger partial charge in [-0.1, -0.05) is 13.0 Å². The Hall–Kier alpha value is -2.10. The number of nitrogens with one attached hydrogen (secondary N) is 2. The fourth-order valence-corrected chi connectivity index (χ4v) is 2.42. The van der Waals surface area contributed by atoms with Crippen molar-refractivity contribution in [3.63, 3.8) is 0 Å². The van der Waals surface area contributed by atoms with E-state index in [0.717, 1.165) is 30.2 Å². The van der Waals surface area contributed by atoms with Crippen LogP contribution in [-0.2, 0) is 13.1 Å². The van der Waals surface area contributed by atoms with Crippen LogP contribution < -0.4 is 20.1 Å². The molecule has 0 unspecified atom stereocenters. The summed E-state index contributed by atoms with van der Waals surface area (Å²) >= 11 is 0. The number of ether oxygens (including phenoxy) is 2. The molecule has 0 radical (unpaired) electrons. The first kappa shape index (κ1) is 23.9. The Balaban J connectivity index is 0.00000392. The molecule has 0 aromatic heterocycles. The molecule has 0 aliphatic heterocycles. The molecular weight excluding hydrogens is 479 g/mol. The Morgan fingerprint density at radius 1 is 1.04 bits per heavy atom. The number of benzene rings is 2. The molecule has 0 saturated heterocycles. The molecular formula is C20H26F2IN3O2. The number of rotatable bonds is 8. The smallest absolute Gasteiger partial charge is 0.191 e. The van der Waals surface area contributed by atoms with Crippen molar-refractivity contribution < 1.29 is 18.3 Å². The van der Waals surface area contributed by atoms with Gasteiger partial charge in [-0.15, -0.1) is 24.0 Å². The summed E-state index contributed by atoms with van der Waals surface area (Å²) < 4.78 is 37.9. The first-order valence-corrected chi connectivity index (χ1v) is 8.75. The highest BCUT2D eigenvalue weighted by molar-refractivity contribution is 14.0. The normalized spacial score (nSPS) is 10.8. The Kier molecular flexibility index (Phi) is 10.6. The zero-order valence-corrected chi connectivity index (χ0v) is 18.6. The first-order valence-electron chi connectivity index (χ1n) is 8.75. The van der Waals surface area contributed by atoms with Crippen molar-refractivity contribution in [3.8, 4) is 11.5 Å². The predicted octanol–water partition coefficient (Wildman–Crippen LogP) is 4.25. The number of methoxy groups -OCH3 is 1. The van der Waals surface area contributed by atoms with E-state index >= 15 is 0 Å². The van der Waals surface area contributed by atoms with Gasteiger partial charge in [-0.3, -0.25) is 4.99 Å². The van der Waals surface area contributed by atoms with Crippen LogP contribution in [0, 0.1) is 11.6 Å². The van der Waals surface area contributed by atoms with Crippen molar-refractivity contribution in [3.05, 3.63) is 59.2 Å². The largest absolute Gasteiger partial charge is 0.493 e. The maximum Gasteiger partial charge on any atom is 0.191 e. The average molecular weight is 505 g/mol. The third kappa shape index (κ3) is 7.14. The monoisotopic (exact) mass is 505 g/mol. The summed E-state index contributed by atoms with van der Waals surface area (Å²) in [6.45, 7) is 3.27. The fraction of sp³-hybridized carbons (Fsp3) is 0.350. The summed E-state index contributed by atoms with van der Waals surface area (Å²) in [6.07, 6.45) is 0.917. The zero-order valence-electron chi connectivity index (χ0n) is 16.2. The molecule has 2 aromatic rings. The molecule has 0 spiro atoms. The van der Waals surface area contributed by atoms with Gasteiger partial charge in [0.1, 0.15) is 11.6 Å². The molecule has 8 heteroatoms. The zero-order chi connectivity index (χ0) is 19.6. The lowest BCUT2D eigenvalue weighted by Crippen LogP contribution is -2.36. The summed E-state index contributed by atoms with van der Waals surface area (Å²) in [7, 11) is 3.21. The molecule has 0 aliphatic rings. The minimum absolute atomic E-state index is 0. The van der Waals surface area contributed by atoms with Crippen LogP contribution in [-0.4, -0.2) is 26.7 Å². The van der Waals surface area contributed by atoms with Crippen molar-refractivity contribution in [2.45, 2.75) is 26.4 Å². The maximum absolute atomic E-state index is 13.7. The van der Waals surface area contributed by atoms with Gasteiger partial charge in [-0.05, 0) is 42.3 Å². The van der Waals surface area contributed by atoms with E-state index in [1.165, 1.54) is 0 Å². The first-order chi connectivity index (χ1) is 13.1. The van der Waals surface area contributed by atoms with Gasteiger partial charge in [0.25, 0.3) is 0 Å². The van der Waals surface area contributed by atoms with Crippen LogP contribution in [0.3, 0.4) is 0 Å². The van der Waals surface area contributed by atoms with Gasteiger partial charge in [0, 0.05) is 25.7 Å². The molecule has 0 heterocycles. The lowest BCUT2D eigenvalue weighted by Gasteiger charge is -2.14. The summed E-state index contributed by atoms with van der Waals surface area (Å²) in [5.41, 5.74) is 1.20. The molecule has 2 aromatic carbocycles. The quantitative estimate of drug-likeness (QED) is 0.320. The van der Waals surface area contributed by atoms with Crippen molar-refractivity contribution in [1.29, 1.82) is 0 Å². The minimum atomic E-state index is -0.478. The minimum Gasteiger partial charge on any atom is -0.493 e. The SMILES string of the molecule is CCCOc1ccc(CNC(=NC)NCc2cc(F)ccc2F)cc1OC.I. The summed E-state index contributed by atoms with van der Waals surface area (Å²) in [5.74, 6) is 0.893. The van der Waals surface area contributed by atoms with Gasteiger partial charge in [-0.25, -0.2) is 8.78 Å². The number of hydrogen-bond acceptors (Lipinski definition) is 3. The highest BCUT2D eigenvalue weighted by Crippen LogP contribution is 2.28. The molecule has 0 amide bonds. The van der Waals surface area contributed by atoms with Crippen LogP contribution in [0.25, 0.3) is 0 Å². The van der Waals surface area contributed by atoms with Gasteiger partial charge in [0.2, 0.25) is 0 Å². The summed E-state index contributed by atoms with van der Waals surface area (Å²) in [4.78, 5) is 4.09. The van der Waals surface area contributed by atoms with Gasteiger partial charge in [-0.2, -0.15) is 0 Å². The molecule has 5 nitrogen and oxygen atoms in total. The molecule has 28 heavy (non-hydrogen) atoms. The second kappa shape index (κ2) is 12.4. The average Bonchev–Trinajstić information content (AvgIpc) is 2.69. The molecule has 0 bridgehead atoms. The fourth-order valence-electron chi connectivity index (χ4n) is 2.42. The Labute approximate surface area is 181 Å². The number of halogens is 3. The van der Waals surface area contributed by atoms with E-state index in [4.69, 9.17) is 9.47 Å². The van der Waals surface area contributed by atoms with Crippen LogP contribution in [0.5, 0.6) is 11.5 Å². The molecule has 0 fully saturated rings. The van der Waals surface area contributed by atoms with Crippen molar-refractivity contribution in [2.75, 3.05) is 20.8 Å². The second-order valence-electron chi connectivity index (χ2n) is 5.85. The van der Waals surface area contributed by atoms with Gasteiger partial charge in [0.15, 0.2) is 17.5 Å². The van der Waals surface area contributed by atoms with E-state index < -0.39 is 11.6 Å². The van der Waals surface area contributed by atoms with Gasteiger partial charge in [0.05, 0.1) is 13.7 Å². The summed E-state index contributed by atoms with van der Waals surface area (Å²) in [5, 5.41) is 6.10. The predicted molar refractivity (Wildman–Crippen MR) is 118 cm³/mol. The van der Waals surface area contributed by atoms with Crippen LogP contribution in [0.2, 0.25) is 0 Å². The Morgan fingerprint density at radius 2 is 1.79 bits per heavy atom. The van der Waals surface area contributed by atoms with Crippen LogP contribution in [0.4, 0.5) is 8.78 Å². The molecule has 2 N–H and O–H groups in total. The van der Waals surface area contributed by atoms with E-state index in [9.17, 15) is 8.78 Å². The topological polar surface area (TPSA) is 54.9 Å². The molecule has 2 rings (SSSR count). The van der Waals surface area contributed by atoms with E-state index in [1.54, 1.807) is 14.2 Å². The van der Waals surface area contributed by atoms with Crippen molar-refractivity contribution in [1.82, 2.24) is 10.6 Å².